The smallest absolute Gasteiger partial charge is 0.294 e. The Morgan fingerprint density at radius 1 is 1.06 bits per heavy atom. The molecule has 2 heterocycles. The standard InChI is InChI=1S/C24H18Cl2N2O4S/c1-13-3-5-16(9-14(13)2)27-22(29)12-28-23(30)21(33-24(28)31)11-17-6-8-20(32-17)18-10-15(25)4-7-19(18)26/h3-11H,12H2,1-2H3,(H,27,29)/b21-11+. The number of carbonyl (C=O) groups is 3. The molecule has 1 aliphatic rings. The minimum absolute atomic E-state index is 0.164. The number of halogens is 2. The van der Waals surface area contributed by atoms with Crippen molar-refractivity contribution in [2.75, 3.05) is 11.9 Å². The third-order valence-electron chi connectivity index (χ3n) is 5.06. The molecular formula is C24H18Cl2N2O4S. The predicted octanol–water partition coefficient (Wildman–Crippen LogP) is 6.55. The highest BCUT2D eigenvalue weighted by Crippen LogP contribution is 2.35. The van der Waals surface area contributed by atoms with Crippen molar-refractivity contribution in [3.63, 3.8) is 0 Å². The van der Waals surface area contributed by atoms with Gasteiger partial charge in [-0.05, 0) is 79.2 Å². The van der Waals surface area contributed by atoms with Crippen molar-refractivity contribution in [2.24, 2.45) is 0 Å². The third-order valence-corrected chi connectivity index (χ3v) is 6.53. The van der Waals surface area contributed by atoms with Crippen LogP contribution in [0.15, 0.2) is 57.9 Å². The zero-order valence-electron chi connectivity index (χ0n) is 17.6. The summed E-state index contributed by atoms with van der Waals surface area (Å²) in [5.41, 5.74) is 3.34. The Morgan fingerprint density at radius 2 is 1.85 bits per heavy atom. The molecular weight excluding hydrogens is 483 g/mol. The second-order valence-electron chi connectivity index (χ2n) is 7.44. The molecule has 0 saturated carbocycles. The summed E-state index contributed by atoms with van der Waals surface area (Å²) in [6, 6.07) is 13.9. The minimum Gasteiger partial charge on any atom is -0.457 e. The summed E-state index contributed by atoms with van der Waals surface area (Å²) in [6.07, 6.45) is 1.47. The second-order valence-corrected chi connectivity index (χ2v) is 9.28. The molecule has 0 unspecified atom stereocenters. The summed E-state index contributed by atoms with van der Waals surface area (Å²) in [7, 11) is 0. The Bertz CT molecular complexity index is 1320. The van der Waals surface area contributed by atoms with E-state index in [1.54, 1.807) is 36.4 Å². The number of hydrogen-bond donors (Lipinski definition) is 1. The number of thioether (sulfide) groups is 1. The summed E-state index contributed by atoms with van der Waals surface area (Å²) in [4.78, 5) is 38.6. The van der Waals surface area contributed by atoms with Crippen LogP contribution in [0.2, 0.25) is 10.0 Å². The molecule has 0 bridgehead atoms. The molecule has 0 spiro atoms. The number of anilines is 1. The van der Waals surface area contributed by atoms with E-state index in [9.17, 15) is 14.4 Å². The summed E-state index contributed by atoms with van der Waals surface area (Å²) in [5, 5.41) is 3.17. The van der Waals surface area contributed by atoms with Gasteiger partial charge in [0.05, 0.1) is 9.93 Å². The van der Waals surface area contributed by atoms with Crippen LogP contribution in [-0.2, 0) is 9.59 Å². The van der Waals surface area contributed by atoms with Gasteiger partial charge in [-0.3, -0.25) is 19.3 Å². The van der Waals surface area contributed by atoms with Gasteiger partial charge in [-0.15, -0.1) is 0 Å². The van der Waals surface area contributed by atoms with E-state index in [4.69, 9.17) is 27.6 Å². The van der Waals surface area contributed by atoms with Gasteiger partial charge in [-0.1, -0.05) is 29.3 Å². The monoisotopic (exact) mass is 500 g/mol. The van der Waals surface area contributed by atoms with Crippen LogP contribution >= 0.6 is 35.0 Å². The number of furan rings is 1. The summed E-state index contributed by atoms with van der Waals surface area (Å²) >= 11 is 13.0. The van der Waals surface area contributed by atoms with Gasteiger partial charge in [0.1, 0.15) is 18.1 Å². The van der Waals surface area contributed by atoms with Gasteiger partial charge in [0.15, 0.2) is 0 Å². The first-order chi connectivity index (χ1) is 15.7. The highest BCUT2D eigenvalue weighted by atomic mass is 35.5. The summed E-state index contributed by atoms with van der Waals surface area (Å²) < 4.78 is 5.77. The largest absolute Gasteiger partial charge is 0.457 e. The zero-order valence-corrected chi connectivity index (χ0v) is 20.0. The maximum atomic E-state index is 12.7. The Hall–Kier alpha value is -3.00. The molecule has 168 valence electrons. The number of carbonyl (C=O) groups excluding carboxylic acids is 3. The van der Waals surface area contributed by atoms with Gasteiger partial charge in [0.2, 0.25) is 5.91 Å². The van der Waals surface area contributed by atoms with E-state index in [1.165, 1.54) is 6.08 Å². The van der Waals surface area contributed by atoms with Gasteiger partial charge in [0.25, 0.3) is 11.1 Å². The van der Waals surface area contributed by atoms with E-state index in [2.05, 4.69) is 5.32 Å². The Balaban J connectivity index is 1.46. The van der Waals surface area contributed by atoms with Crippen LogP contribution in [-0.4, -0.2) is 28.5 Å². The van der Waals surface area contributed by atoms with Crippen LogP contribution < -0.4 is 5.32 Å². The van der Waals surface area contributed by atoms with Gasteiger partial charge >= 0.3 is 0 Å². The van der Waals surface area contributed by atoms with Crippen molar-refractivity contribution < 1.29 is 18.8 Å². The molecule has 1 fully saturated rings. The fraction of sp³-hybridized carbons (Fsp3) is 0.125. The first kappa shape index (κ1) is 23.2. The van der Waals surface area contributed by atoms with Crippen LogP contribution in [0.3, 0.4) is 0 Å². The Morgan fingerprint density at radius 3 is 2.61 bits per heavy atom. The van der Waals surface area contributed by atoms with E-state index in [1.807, 2.05) is 26.0 Å². The summed E-state index contributed by atoms with van der Waals surface area (Å²) in [6.45, 7) is 3.53. The minimum atomic E-state index is -0.557. The average molecular weight is 501 g/mol. The molecule has 0 radical (unpaired) electrons. The molecule has 1 saturated heterocycles. The molecule has 3 amide bonds. The van der Waals surface area contributed by atoms with Crippen molar-refractivity contribution in [3.8, 4) is 11.3 Å². The highest BCUT2D eigenvalue weighted by Gasteiger charge is 2.36. The van der Waals surface area contributed by atoms with Crippen LogP contribution in [0.5, 0.6) is 0 Å². The number of hydrogen-bond acceptors (Lipinski definition) is 5. The predicted molar refractivity (Wildman–Crippen MR) is 131 cm³/mol. The quantitative estimate of drug-likeness (QED) is 0.402. The SMILES string of the molecule is Cc1ccc(NC(=O)CN2C(=O)S/C(=C/c3ccc(-c4cc(Cl)ccc4Cl)o3)C2=O)cc1C. The fourth-order valence-electron chi connectivity index (χ4n) is 3.19. The third kappa shape index (κ3) is 5.16. The lowest BCUT2D eigenvalue weighted by molar-refractivity contribution is -0.127. The first-order valence-corrected chi connectivity index (χ1v) is 11.5. The van der Waals surface area contributed by atoms with Crippen LogP contribution in [0.1, 0.15) is 16.9 Å². The molecule has 33 heavy (non-hydrogen) atoms. The van der Waals surface area contributed by atoms with Crippen molar-refractivity contribution in [2.45, 2.75) is 13.8 Å². The number of rotatable bonds is 5. The Kier molecular flexibility index (Phi) is 6.65. The second kappa shape index (κ2) is 9.47. The lowest BCUT2D eigenvalue weighted by Crippen LogP contribution is -2.36. The zero-order chi connectivity index (χ0) is 23.7. The lowest BCUT2D eigenvalue weighted by Gasteiger charge is -2.13. The molecule has 4 rings (SSSR count). The van der Waals surface area contributed by atoms with Crippen molar-refractivity contribution in [3.05, 3.63) is 80.4 Å². The van der Waals surface area contributed by atoms with Crippen LogP contribution in [0, 0.1) is 13.8 Å². The van der Waals surface area contributed by atoms with Crippen molar-refractivity contribution >= 4 is 63.8 Å². The number of imide groups is 1. The van der Waals surface area contributed by atoms with Crippen LogP contribution in [0.25, 0.3) is 17.4 Å². The number of nitrogens with one attached hydrogen (secondary N) is 1. The molecule has 9 heteroatoms. The lowest BCUT2D eigenvalue weighted by atomic mass is 10.1. The van der Waals surface area contributed by atoms with Crippen LogP contribution in [0.4, 0.5) is 10.5 Å². The number of aryl methyl sites for hydroxylation is 2. The summed E-state index contributed by atoms with van der Waals surface area (Å²) in [5.74, 6) is -0.177. The topological polar surface area (TPSA) is 79.6 Å². The number of amides is 3. The molecule has 1 N–H and O–H groups in total. The number of benzene rings is 2. The fourth-order valence-corrected chi connectivity index (χ4v) is 4.39. The molecule has 6 nitrogen and oxygen atoms in total. The van der Waals surface area contributed by atoms with Gasteiger partial charge in [0, 0.05) is 22.3 Å². The van der Waals surface area contributed by atoms with Gasteiger partial charge < -0.3 is 9.73 Å². The molecule has 0 aliphatic carbocycles. The molecule has 1 aromatic heterocycles. The molecule has 2 aromatic carbocycles. The van der Waals surface area contributed by atoms with E-state index in [-0.39, 0.29) is 11.4 Å². The first-order valence-electron chi connectivity index (χ1n) is 9.89. The molecule has 0 atom stereocenters. The Labute approximate surface area is 204 Å². The van der Waals surface area contributed by atoms with Crippen molar-refractivity contribution in [1.82, 2.24) is 4.90 Å². The van der Waals surface area contributed by atoms with Gasteiger partial charge in [-0.2, -0.15) is 0 Å². The average Bonchev–Trinajstić information content (AvgIpc) is 3.33. The maximum absolute atomic E-state index is 12.7. The van der Waals surface area contributed by atoms with E-state index < -0.39 is 17.1 Å². The molecule has 3 aromatic rings. The van der Waals surface area contributed by atoms with E-state index in [0.29, 0.717) is 32.8 Å². The normalized spacial score (nSPS) is 14.9. The highest BCUT2D eigenvalue weighted by molar-refractivity contribution is 8.18. The maximum Gasteiger partial charge on any atom is 0.294 e. The van der Waals surface area contributed by atoms with E-state index in [0.717, 1.165) is 27.8 Å². The molecule has 1 aliphatic heterocycles. The number of nitrogens with zero attached hydrogens (tertiary/aromatic N) is 1. The van der Waals surface area contributed by atoms with Crippen molar-refractivity contribution in [1.29, 1.82) is 0 Å². The van der Waals surface area contributed by atoms with Gasteiger partial charge in [-0.25, -0.2) is 0 Å². The van der Waals surface area contributed by atoms with E-state index >= 15 is 0 Å².